The smallest absolute Gasteiger partial charge is 0.287 e. The summed E-state index contributed by atoms with van der Waals surface area (Å²) < 4.78 is 1.78. The van der Waals surface area contributed by atoms with Gasteiger partial charge in [0.1, 0.15) is 11.1 Å². The van der Waals surface area contributed by atoms with E-state index >= 15 is 0 Å². The van der Waals surface area contributed by atoms with Crippen molar-refractivity contribution in [2.45, 2.75) is 103 Å². The maximum atomic E-state index is 12.9. The Kier molecular flexibility index (Phi) is 4.52. The molecule has 2 radical (unpaired) electrons. The average Bonchev–Trinajstić information content (AvgIpc) is 2.80. The van der Waals surface area contributed by atoms with Crippen molar-refractivity contribution in [1.82, 2.24) is 10.1 Å². The first-order chi connectivity index (χ1) is 12.6. The second-order valence-electron chi connectivity index (χ2n) is 10.7. The highest BCUT2D eigenvalue weighted by molar-refractivity contribution is 5.84. The van der Waals surface area contributed by atoms with Gasteiger partial charge in [-0.05, 0) is 81.1 Å². The second kappa shape index (κ2) is 5.98. The molecule has 0 aromatic heterocycles. The van der Waals surface area contributed by atoms with E-state index in [1.54, 1.807) is 55.4 Å². The van der Waals surface area contributed by atoms with Crippen LogP contribution in [0, 0.1) is 22.3 Å². The van der Waals surface area contributed by atoms with E-state index in [0.717, 1.165) is 19.6 Å². The van der Waals surface area contributed by atoms with Crippen molar-refractivity contribution in [2.24, 2.45) is 11.8 Å². The molecule has 0 spiro atoms. The van der Waals surface area contributed by atoms with Crippen LogP contribution in [0.4, 0.5) is 0 Å². The maximum absolute atomic E-state index is 12.9. The molecule has 0 aromatic carbocycles. The largest absolute Gasteiger partial charge is 0.715 e. The first-order valence-electron chi connectivity index (χ1n) is 10.2. The molecule has 1 fully saturated rings. The molecule has 1 saturated carbocycles. The monoisotopic (exact) mass is 394 g/mol. The van der Waals surface area contributed by atoms with Crippen LogP contribution in [0.2, 0.25) is 0 Å². The van der Waals surface area contributed by atoms with Gasteiger partial charge in [0.25, 0.3) is 11.7 Å². The minimum Gasteiger partial charge on any atom is -0.715 e. The molecule has 0 bridgehead atoms. The zero-order valence-corrected chi connectivity index (χ0v) is 18.4. The molecule has 0 saturated heterocycles. The number of hydroxylamine groups is 6. The summed E-state index contributed by atoms with van der Waals surface area (Å²) in [6.45, 7) is 14.4. The molecule has 8 nitrogen and oxygen atoms in total. The maximum Gasteiger partial charge on any atom is 0.287 e. The molecule has 1 aliphatic carbocycles. The lowest BCUT2D eigenvalue weighted by molar-refractivity contribution is -0.542. The molecule has 28 heavy (non-hydrogen) atoms. The first-order valence-corrected chi connectivity index (χ1v) is 10.2. The van der Waals surface area contributed by atoms with Gasteiger partial charge in [0.05, 0.1) is 11.8 Å². The van der Waals surface area contributed by atoms with Gasteiger partial charge in [0.2, 0.25) is 0 Å². The van der Waals surface area contributed by atoms with E-state index < -0.39 is 22.2 Å². The van der Waals surface area contributed by atoms with E-state index in [4.69, 9.17) is 0 Å². The summed E-state index contributed by atoms with van der Waals surface area (Å²) in [7, 11) is 0. The Hall–Kier alpha value is -1.54. The average molecular weight is 395 g/mol. The zero-order chi connectivity index (χ0) is 21.4. The lowest BCUT2D eigenvalue weighted by atomic mass is 9.80. The Morgan fingerprint density at radius 1 is 0.679 bits per heavy atom. The third-order valence-electron chi connectivity index (χ3n) is 8.32. The predicted octanol–water partition coefficient (Wildman–Crippen LogP) is 3.05. The number of rotatable bonds is 2. The van der Waals surface area contributed by atoms with Crippen LogP contribution in [0.5, 0.6) is 0 Å². The van der Waals surface area contributed by atoms with Crippen LogP contribution in [0.1, 0.15) is 81.1 Å². The van der Waals surface area contributed by atoms with Crippen LogP contribution in [0.25, 0.3) is 0 Å². The first kappa shape index (κ1) is 21.2. The van der Waals surface area contributed by atoms with Gasteiger partial charge in [-0.1, -0.05) is 10.1 Å². The highest BCUT2D eigenvalue weighted by Crippen LogP contribution is 2.44. The summed E-state index contributed by atoms with van der Waals surface area (Å²) >= 11 is 0. The summed E-state index contributed by atoms with van der Waals surface area (Å²) in [5.74, 6) is 0.304. The Morgan fingerprint density at radius 3 is 1.11 bits per heavy atom. The fourth-order valence-corrected chi connectivity index (χ4v) is 4.58. The molecule has 0 unspecified atom stereocenters. The van der Waals surface area contributed by atoms with Crippen molar-refractivity contribution in [1.29, 1.82) is 0 Å². The topological polar surface area (TPSA) is 98.4 Å². The van der Waals surface area contributed by atoms with Crippen molar-refractivity contribution in [2.75, 3.05) is 0 Å². The van der Waals surface area contributed by atoms with E-state index in [9.17, 15) is 20.8 Å². The highest BCUT2D eigenvalue weighted by Gasteiger charge is 2.63. The third kappa shape index (κ3) is 2.43. The molecule has 3 rings (SSSR count). The molecule has 8 heteroatoms. The van der Waals surface area contributed by atoms with Gasteiger partial charge in [-0.2, -0.15) is 0 Å². The van der Waals surface area contributed by atoms with Gasteiger partial charge in [-0.3, -0.25) is 9.48 Å². The highest BCUT2D eigenvalue weighted by atomic mass is 16.5. The Balaban J connectivity index is 1.81. The fourth-order valence-electron chi connectivity index (χ4n) is 4.58. The normalized spacial score (nSPS) is 33.8. The Bertz CT molecular complexity index is 668. The SMILES string of the molecule is CC1(C)N([O])C(C2CCC(C3=[N+]([O-])C(C)(C)C(C)(C)N3[O])CC2)=[N+]([O-])C1(C)C. The number of amidine groups is 2. The van der Waals surface area contributed by atoms with Crippen LogP contribution in [0.15, 0.2) is 0 Å². The van der Waals surface area contributed by atoms with E-state index in [-0.39, 0.29) is 11.8 Å². The van der Waals surface area contributed by atoms with Gasteiger partial charge >= 0.3 is 0 Å². The molecular weight excluding hydrogens is 360 g/mol. The summed E-state index contributed by atoms with van der Waals surface area (Å²) in [6, 6.07) is 0. The predicted molar refractivity (Wildman–Crippen MR) is 104 cm³/mol. The summed E-state index contributed by atoms with van der Waals surface area (Å²) in [5, 5.41) is 53.3. The number of hydrogen-bond donors (Lipinski definition) is 0. The van der Waals surface area contributed by atoms with E-state index in [1.165, 1.54) is 0 Å². The zero-order valence-electron chi connectivity index (χ0n) is 18.4. The van der Waals surface area contributed by atoms with E-state index in [1.807, 2.05) is 0 Å². The molecule has 2 heterocycles. The molecular formula is C20H34N4O4. The third-order valence-corrected chi connectivity index (χ3v) is 8.32. The van der Waals surface area contributed by atoms with Crippen LogP contribution < -0.4 is 0 Å². The molecule has 0 atom stereocenters. The fraction of sp³-hybridized carbons (Fsp3) is 0.900. The summed E-state index contributed by atoms with van der Waals surface area (Å²) in [5.41, 5.74) is -3.25. The molecule has 0 N–H and O–H groups in total. The summed E-state index contributed by atoms with van der Waals surface area (Å²) in [4.78, 5) is 0. The molecule has 158 valence electrons. The van der Waals surface area contributed by atoms with Gasteiger partial charge in [-0.25, -0.2) is 0 Å². The van der Waals surface area contributed by atoms with Gasteiger partial charge in [0.15, 0.2) is 11.1 Å². The van der Waals surface area contributed by atoms with E-state index in [0.29, 0.717) is 37.4 Å². The Morgan fingerprint density at radius 2 is 0.929 bits per heavy atom. The lowest BCUT2D eigenvalue weighted by Crippen LogP contribution is -2.53. The minimum atomic E-state index is -0.813. The standard InChI is InChI=1S/C20H34N4O4/c1-17(2)18(3,4)22(26)15(21(17)25)13-9-11-14(12-10-13)16-23(27)19(5,6)20(7,8)24(16)28/h13-14H,9-12H2,1-8H3. The molecule has 2 aliphatic heterocycles. The van der Waals surface area contributed by atoms with Gasteiger partial charge in [-0.15, -0.1) is 0 Å². The lowest BCUT2D eigenvalue weighted by Gasteiger charge is -2.32. The number of nitrogens with zero attached hydrogens (tertiary/aromatic N) is 4. The molecule has 0 amide bonds. The minimum absolute atomic E-state index is 0.143. The van der Waals surface area contributed by atoms with Crippen molar-refractivity contribution >= 4 is 11.7 Å². The van der Waals surface area contributed by atoms with Crippen LogP contribution in [0.3, 0.4) is 0 Å². The van der Waals surface area contributed by atoms with Gasteiger partial charge < -0.3 is 10.4 Å². The summed E-state index contributed by atoms with van der Waals surface area (Å²) in [6.07, 6.45) is 2.48. The van der Waals surface area contributed by atoms with Crippen LogP contribution in [-0.2, 0) is 10.4 Å². The quantitative estimate of drug-likeness (QED) is 0.531. The van der Waals surface area contributed by atoms with Crippen molar-refractivity contribution < 1.29 is 19.9 Å². The Labute approximate surface area is 167 Å². The second-order valence-corrected chi connectivity index (χ2v) is 10.7. The van der Waals surface area contributed by atoms with Crippen LogP contribution >= 0.6 is 0 Å². The van der Waals surface area contributed by atoms with Crippen molar-refractivity contribution in [3.05, 3.63) is 10.4 Å². The van der Waals surface area contributed by atoms with Crippen molar-refractivity contribution in [3.8, 4) is 0 Å². The van der Waals surface area contributed by atoms with Crippen LogP contribution in [-0.4, -0.2) is 53.4 Å². The van der Waals surface area contributed by atoms with Crippen molar-refractivity contribution in [3.63, 3.8) is 0 Å². The molecule has 3 aliphatic rings. The molecule has 0 aromatic rings. The van der Waals surface area contributed by atoms with Gasteiger partial charge in [0, 0.05) is 10.4 Å². The number of hydrogen-bond acceptors (Lipinski definition) is 4. The van der Waals surface area contributed by atoms with E-state index in [2.05, 4.69) is 0 Å².